The molecule has 0 bridgehead atoms. The molecule has 202 valence electrons. The van der Waals surface area contributed by atoms with Gasteiger partial charge < -0.3 is 10.6 Å². The van der Waals surface area contributed by atoms with Crippen LogP contribution in [0.1, 0.15) is 53.6 Å². The summed E-state index contributed by atoms with van der Waals surface area (Å²) in [6.07, 6.45) is 0. The van der Waals surface area contributed by atoms with E-state index in [0.29, 0.717) is 22.2 Å². The average molecular weight is 546 g/mol. The molecule has 3 aromatic carbocycles. The Labute approximate surface area is 232 Å². The minimum absolute atomic E-state index is 0.00950. The summed E-state index contributed by atoms with van der Waals surface area (Å²) in [4.78, 5) is 25.6. The number of nitrogens with one attached hydrogen (secondary N) is 2. The summed E-state index contributed by atoms with van der Waals surface area (Å²) in [6.45, 7) is 10.4. The van der Waals surface area contributed by atoms with Crippen molar-refractivity contribution < 1.29 is 14.0 Å². The Hall–Kier alpha value is -3.98. The van der Waals surface area contributed by atoms with E-state index in [2.05, 4.69) is 41.6 Å². The van der Waals surface area contributed by atoms with Crippen LogP contribution in [0.15, 0.2) is 71.9 Å². The van der Waals surface area contributed by atoms with Crippen LogP contribution in [0, 0.1) is 19.7 Å². The first-order valence-corrected chi connectivity index (χ1v) is 13.6. The van der Waals surface area contributed by atoms with E-state index in [1.807, 2.05) is 44.2 Å². The van der Waals surface area contributed by atoms with Gasteiger partial charge in [-0.3, -0.25) is 14.2 Å². The van der Waals surface area contributed by atoms with Gasteiger partial charge in [-0.05, 0) is 78.4 Å². The van der Waals surface area contributed by atoms with Crippen molar-refractivity contribution in [2.75, 3.05) is 11.1 Å². The number of carbonyl (C=O) groups excluding carboxylic acids is 2. The van der Waals surface area contributed by atoms with E-state index in [0.717, 1.165) is 22.4 Å². The first-order valence-electron chi connectivity index (χ1n) is 12.6. The fourth-order valence-corrected chi connectivity index (χ4v) is 4.70. The molecule has 9 heteroatoms. The van der Waals surface area contributed by atoms with Gasteiger partial charge in [-0.25, -0.2) is 4.39 Å². The Balaban J connectivity index is 1.49. The standard InChI is InChI=1S/C30H32FN5O2S/c1-19-6-7-20(2)25(16-19)33-27(37)18-39-29-35-34-26(36(29)24-14-12-23(31)13-15-24)17-32-28(38)21-8-10-22(11-9-21)30(3,4)5/h6-16H,17-18H2,1-5H3,(H,32,38)(H,33,37). The predicted molar refractivity (Wildman–Crippen MR) is 153 cm³/mol. The molecule has 0 aliphatic heterocycles. The second kappa shape index (κ2) is 11.8. The van der Waals surface area contributed by atoms with Crippen LogP contribution in [0.4, 0.5) is 10.1 Å². The van der Waals surface area contributed by atoms with Crippen LogP contribution in [0.5, 0.6) is 0 Å². The van der Waals surface area contributed by atoms with Crippen LogP contribution in [-0.4, -0.2) is 32.3 Å². The summed E-state index contributed by atoms with van der Waals surface area (Å²) in [6, 6.07) is 19.3. The number of hydrogen-bond acceptors (Lipinski definition) is 5. The Bertz CT molecular complexity index is 1470. The zero-order chi connectivity index (χ0) is 28.2. The molecular weight excluding hydrogens is 513 g/mol. The van der Waals surface area contributed by atoms with E-state index in [4.69, 9.17) is 0 Å². The van der Waals surface area contributed by atoms with E-state index in [1.54, 1.807) is 28.8 Å². The number of nitrogens with zero attached hydrogens (tertiary/aromatic N) is 3. The molecule has 0 unspecified atom stereocenters. The lowest BCUT2D eigenvalue weighted by Gasteiger charge is -2.19. The van der Waals surface area contributed by atoms with Crippen LogP contribution in [0.2, 0.25) is 0 Å². The summed E-state index contributed by atoms with van der Waals surface area (Å²) in [5, 5.41) is 14.8. The quantitative estimate of drug-likeness (QED) is 0.266. The lowest BCUT2D eigenvalue weighted by atomic mass is 9.87. The van der Waals surface area contributed by atoms with Crippen LogP contribution < -0.4 is 10.6 Å². The van der Waals surface area contributed by atoms with Crippen molar-refractivity contribution in [1.29, 1.82) is 0 Å². The van der Waals surface area contributed by atoms with Crippen LogP contribution in [-0.2, 0) is 16.8 Å². The van der Waals surface area contributed by atoms with E-state index in [-0.39, 0.29) is 35.3 Å². The van der Waals surface area contributed by atoms with Crippen molar-refractivity contribution in [3.63, 3.8) is 0 Å². The molecule has 0 saturated carbocycles. The predicted octanol–water partition coefficient (Wildman–Crippen LogP) is 5.98. The topological polar surface area (TPSA) is 88.9 Å². The molecule has 0 saturated heterocycles. The van der Waals surface area contributed by atoms with E-state index >= 15 is 0 Å². The number of carbonyl (C=O) groups is 2. The smallest absolute Gasteiger partial charge is 0.251 e. The molecule has 0 aliphatic rings. The summed E-state index contributed by atoms with van der Waals surface area (Å²) in [5.41, 5.74) is 5.07. The molecule has 0 aliphatic carbocycles. The third kappa shape index (κ3) is 7.11. The molecule has 39 heavy (non-hydrogen) atoms. The maximum absolute atomic E-state index is 13.6. The van der Waals surface area contributed by atoms with Gasteiger partial charge in [0.15, 0.2) is 11.0 Å². The first kappa shape index (κ1) is 28.0. The van der Waals surface area contributed by atoms with Crippen LogP contribution in [0.25, 0.3) is 5.69 Å². The Morgan fingerprint density at radius 2 is 1.64 bits per heavy atom. The van der Waals surface area contributed by atoms with Crippen molar-refractivity contribution in [1.82, 2.24) is 20.1 Å². The molecule has 2 N–H and O–H groups in total. The summed E-state index contributed by atoms with van der Waals surface area (Å²) in [5.74, 6) is -0.248. The van der Waals surface area contributed by atoms with E-state index < -0.39 is 0 Å². The lowest BCUT2D eigenvalue weighted by molar-refractivity contribution is -0.113. The number of thioether (sulfide) groups is 1. The highest BCUT2D eigenvalue weighted by atomic mass is 32.2. The molecule has 1 aromatic heterocycles. The Morgan fingerprint density at radius 3 is 2.31 bits per heavy atom. The first-order chi connectivity index (χ1) is 18.5. The fourth-order valence-electron chi connectivity index (χ4n) is 3.93. The summed E-state index contributed by atoms with van der Waals surface area (Å²) >= 11 is 1.21. The molecule has 0 spiro atoms. The molecule has 1 heterocycles. The third-order valence-electron chi connectivity index (χ3n) is 6.20. The largest absolute Gasteiger partial charge is 0.345 e. The van der Waals surface area contributed by atoms with Gasteiger partial charge in [0, 0.05) is 16.9 Å². The molecule has 0 atom stereocenters. The number of hydrogen-bond donors (Lipinski definition) is 2. The molecule has 2 amide bonds. The molecule has 0 fully saturated rings. The highest BCUT2D eigenvalue weighted by Crippen LogP contribution is 2.24. The highest BCUT2D eigenvalue weighted by Gasteiger charge is 2.18. The maximum atomic E-state index is 13.6. The number of amides is 2. The van der Waals surface area contributed by atoms with Crippen molar-refractivity contribution in [3.05, 3.63) is 101 Å². The number of halogens is 1. The Morgan fingerprint density at radius 1 is 0.949 bits per heavy atom. The summed E-state index contributed by atoms with van der Waals surface area (Å²) in [7, 11) is 0. The minimum Gasteiger partial charge on any atom is -0.345 e. The second-order valence-electron chi connectivity index (χ2n) is 10.4. The van der Waals surface area contributed by atoms with E-state index in [9.17, 15) is 14.0 Å². The third-order valence-corrected chi connectivity index (χ3v) is 7.13. The minimum atomic E-state index is -0.373. The molecule has 0 radical (unpaired) electrons. The molecular formula is C30H32FN5O2S. The van der Waals surface area contributed by atoms with Gasteiger partial charge in [0.05, 0.1) is 12.3 Å². The van der Waals surface area contributed by atoms with Gasteiger partial charge in [-0.2, -0.15) is 0 Å². The van der Waals surface area contributed by atoms with Crippen LogP contribution in [0.3, 0.4) is 0 Å². The number of benzene rings is 3. The number of rotatable bonds is 8. The zero-order valence-corrected chi connectivity index (χ0v) is 23.5. The monoisotopic (exact) mass is 545 g/mol. The second-order valence-corrected chi connectivity index (χ2v) is 11.3. The van der Waals surface area contributed by atoms with Crippen molar-refractivity contribution >= 4 is 29.3 Å². The molecule has 4 rings (SSSR count). The van der Waals surface area contributed by atoms with Gasteiger partial charge in [0.25, 0.3) is 5.91 Å². The van der Waals surface area contributed by atoms with Gasteiger partial charge in [-0.1, -0.05) is 56.8 Å². The average Bonchev–Trinajstić information content (AvgIpc) is 3.31. The van der Waals surface area contributed by atoms with Gasteiger partial charge in [0.1, 0.15) is 5.82 Å². The van der Waals surface area contributed by atoms with E-state index in [1.165, 1.54) is 23.9 Å². The SMILES string of the molecule is Cc1ccc(C)c(NC(=O)CSc2nnc(CNC(=O)c3ccc(C(C)(C)C)cc3)n2-c2ccc(F)cc2)c1. The van der Waals surface area contributed by atoms with Gasteiger partial charge in [0.2, 0.25) is 5.91 Å². The van der Waals surface area contributed by atoms with Crippen molar-refractivity contribution in [2.24, 2.45) is 0 Å². The molecule has 4 aromatic rings. The number of anilines is 1. The van der Waals surface area contributed by atoms with Gasteiger partial charge >= 0.3 is 0 Å². The fraction of sp³-hybridized carbons (Fsp3) is 0.267. The Kier molecular flexibility index (Phi) is 8.50. The maximum Gasteiger partial charge on any atom is 0.251 e. The normalized spacial score (nSPS) is 11.3. The highest BCUT2D eigenvalue weighted by molar-refractivity contribution is 7.99. The lowest BCUT2D eigenvalue weighted by Crippen LogP contribution is -2.25. The van der Waals surface area contributed by atoms with Crippen molar-refractivity contribution in [3.8, 4) is 5.69 Å². The van der Waals surface area contributed by atoms with Crippen molar-refractivity contribution in [2.45, 2.75) is 51.7 Å². The van der Waals surface area contributed by atoms with Crippen LogP contribution >= 0.6 is 11.8 Å². The van der Waals surface area contributed by atoms with Gasteiger partial charge in [-0.15, -0.1) is 10.2 Å². The zero-order valence-electron chi connectivity index (χ0n) is 22.7. The number of aryl methyl sites for hydroxylation is 2. The number of aromatic nitrogens is 3. The summed E-state index contributed by atoms with van der Waals surface area (Å²) < 4.78 is 15.4. The molecule has 7 nitrogen and oxygen atoms in total.